The standard InChI is InChI=1S/C23H39NO/c1-5-24(6-2)20-15-19-17-11-10-16-9-7-8-13-22(16,3)18(17)12-14-23(19,4)21(20)25/h7-8,16-21,25H,5-6,9-15H2,1-4H3/t16?,17-,18-,19+,20?,21?,22+,23+/m1/s1. The van der Waals surface area contributed by atoms with Crippen LogP contribution in [0.25, 0.3) is 0 Å². The Morgan fingerprint density at radius 2 is 1.76 bits per heavy atom. The Bertz CT molecular complexity index is 526. The van der Waals surface area contributed by atoms with Gasteiger partial charge < -0.3 is 5.11 Å². The molecule has 3 fully saturated rings. The Labute approximate surface area is 155 Å². The van der Waals surface area contributed by atoms with Crippen molar-refractivity contribution in [3.8, 4) is 0 Å². The molecule has 0 amide bonds. The Morgan fingerprint density at radius 3 is 2.48 bits per heavy atom. The van der Waals surface area contributed by atoms with E-state index in [1.165, 1.54) is 44.9 Å². The summed E-state index contributed by atoms with van der Waals surface area (Å²) in [5.74, 6) is 3.38. The maximum Gasteiger partial charge on any atom is 0.0751 e. The molecule has 0 saturated heterocycles. The molecule has 0 aromatic carbocycles. The van der Waals surface area contributed by atoms with Gasteiger partial charge in [-0.15, -0.1) is 0 Å². The van der Waals surface area contributed by atoms with Gasteiger partial charge in [0.05, 0.1) is 6.10 Å². The molecule has 2 nitrogen and oxygen atoms in total. The van der Waals surface area contributed by atoms with Gasteiger partial charge in [0.2, 0.25) is 0 Å². The Balaban J connectivity index is 1.62. The van der Waals surface area contributed by atoms with Gasteiger partial charge in [-0.05, 0) is 92.5 Å². The zero-order valence-corrected chi connectivity index (χ0v) is 16.9. The topological polar surface area (TPSA) is 23.5 Å². The molecule has 8 atom stereocenters. The molecule has 25 heavy (non-hydrogen) atoms. The summed E-state index contributed by atoms with van der Waals surface area (Å²) < 4.78 is 0. The molecule has 3 saturated carbocycles. The third-order valence-electron chi connectivity index (χ3n) is 9.46. The minimum Gasteiger partial charge on any atom is -0.391 e. The maximum atomic E-state index is 11.3. The molecule has 2 heteroatoms. The van der Waals surface area contributed by atoms with E-state index < -0.39 is 0 Å². The fourth-order valence-electron chi connectivity index (χ4n) is 7.87. The van der Waals surface area contributed by atoms with Crippen molar-refractivity contribution in [2.75, 3.05) is 13.1 Å². The number of rotatable bonds is 3. The highest BCUT2D eigenvalue weighted by molar-refractivity contribution is 5.14. The van der Waals surface area contributed by atoms with Crippen LogP contribution in [0.4, 0.5) is 0 Å². The number of allylic oxidation sites excluding steroid dienone is 2. The van der Waals surface area contributed by atoms with E-state index in [-0.39, 0.29) is 11.5 Å². The number of nitrogens with zero attached hydrogens (tertiary/aromatic N) is 1. The summed E-state index contributed by atoms with van der Waals surface area (Å²) in [5.41, 5.74) is 0.680. The summed E-state index contributed by atoms with van der Waals surface area (Å²) in [7, 11) is 0. The van der Waals surface area contributed by atoms with Gasteiger partial charge in [0.15, 0.2) is 0 Å². The van der Waals surface area contributed by atoms with Crippen LogP contribution >= 0.6 is 0 Å². The first-order valence-corrected chi connectivity index (χ1v) is 11.0. The number of hydrogen-bond donors (Lipinski definition) is 1. The predicted octanol–water partition coefficient (Wildman–Crippen LogP) is 4.88. The van der Waals surface area contributed by atoms with E-state index in [0.29, 0.717) is 11.5 Å². The highest BCUT2D eigenvalue weighted by Gasteiger charge is 2.62. The lowest BCUT2D eigenvalue weighted by Gasteiger charge is -2.59. The quantitative estimate of drug-likeness (QED) is 0.737. The van der Waals surface area contributed by atoms with Crippen molar-refractivity contribution >= 4 is 0 Å². The van der Waals surface area contributed by atoms with E-state index in [4.69, 9.17) is 0 Å². The van der Waals surface area contributed by atoms with Gasteiger partial charge in [0, 0.05) is 6.04 Å². The fraction of sp³-hybridized carbons (Fsp3) is 0.913. The molecule has 1 N–H and O–H groups in total. The third kappa shape index (κ3) is 2.50. The molecule has 4 aliphatic carbocycles. The highest BCUT2D eigenvalue weighted by atomic mass is 16.3. The van der Waals surface area contributed by atoms with E-state index >= 15 is 0 Å². The summed E-state index contributed by atoms with van der Waals surface area (Å²) in [6, 6.07) is 0.389. The number of aliphatic hydroxyl groups excluding tert-OH is 1. The van der Waals surface area contributed by atoms with Crippen LogP contribution in [-0.2, 0) is 0 Å². The number of aliphatic hydroxyl groups is 1. The Hall–Kier alpha value is -0.340. The number of likely N-dealkylation sites (N-methyl/N-ethyl adjacent to an activating group) is 1. The zero-order chi connectivity index (χ0) is 17.8. The van der Waals surface area contributed by atoms with Gasteiger partial charge in [0.25, 0.3) is 0 Å². The van der Waals surface area contributed by atoms with E-state index in [1.54, 1.807) is 0 Å². The van der Waals surface area contributed by atoms with Crippen LogP contribution in [0.2, 0.25) is 0 Å². The van der Waals surface area contributed by atoms with Gasteiger partial charge in [-0.2, -0.15) is 0 Å². The van der Waals surface area contributed by atoms with Crippen LogP contribution in [0.5, 0.6) is 0 Å². The van der Waals surface area contributed by atoms with Crippen molar-refractivity contribution in [1.29, 1.82) is 0 Å². The highest BCUT2D eigenvalue weighted by Crippen LogP contribution is 2.65. The molecule has 0 spiro atoms. The van der Waals surface area contributed by atoms with Crippen LogP contribution in [0.1, 0.15) is 72.6 Å². The summed E-state index contributed by atoms with van der Waals surface area (Å²) in [6.45, 7) is 11.7. The molecular formula is C23H39NO. The molecule has 0 heterocycles. The van der Waals surface area contributed by atoms with Crippen LogP contribution < -0.4 is 0 Å². The van der Waals surface area contributed by atoms with Crippen molar-refractivity contribution in [3.63, 3.8) is 0 Å². The normalized spacial score (nSPS) is 51.9. The molecule has 3 unspecified atom stereocenters. The average molecular weight is 346 g/mol. The molecular weight excluding hydrogens is 306 g/mol. The van der Waals surface area contributed by atoms with Crippen molar-refractivity contribution in [2.45, 2.75) is 84.8 Å². The summed E-state index contributed by atoms with van der Waals surface area (Å²) in [5, 5.41) is 11.3. The number of fused-ring (bicyclic) bond motifs is 5. The Kier molecular flexibility index (Phi) is 4.60. The van der Waals surface area contributed by atoms with Gasteiger partial charge in [0.1, 0.15) is 0 Å². The van der Waals surface area contributed by atoms with Crippen molar-refractivity contribution < 1.29 is 5.11 Å². The number of hydrogen-bond acceptors (Lipinski definition) is 2. The first kappa shape index (κ1) is 18.0. The molecule has 4 aliphatic rings. The van der Waals surface area contributed by atoms with E-state index in [2.05, 4.69) is 44.7 Å². The summed E-state index contributed by atoms with van der Waals surface area (Å²) in [6.07, 6.45) is 14.0. The van der Waals surface area contributed by atoms with Crippen molar-refractivity contribution in [1.82, 2.24) is 4.90 Å². The van der Waals surface area contributed by atoms with Crippen LogP contribution in [-0.4, -0.2) is 35.2 Å². The molecule has 0 bridgehead atoms. The lowest BCUT2D eigenvalue weighted by atomic mass is 9.46. The Morgan fingerprint density at radius 1 is 1.00 bits per heavy atom. The molecule has 0 aliphatic heterocycles. The molecule has 0 aromatic rings. The minimum atomic E-state index is -0.130. The second-order valence-electron chi connectivity index (χ2n) is 10.1. The van der Waals surface area contributed by atoms with E-state index in [9.17, 15) is 5.11 Å². The smallest absolute Gasteiger partial charge is 0.0751 e. The van der Waals surface area contributed by atoms with Crippen LogP contribution in [0.15, 0.2) is 12.2 Å². The zero-order valence-electron chi connectivity index (χ0n) is 16.9. The maximum absolute atomic E-state index is 11.3. The van der Waals surface area contributed by atoms with Gasteiger partial charge in [-0.25, -0.2) is 0 Å². The molecule has 4 rings (SSSR count). The van der Waals surface area contributed by atoms with Crippen molar-refractivity contribution in [3.05, 3.63) is 12.2 Å². The predicted molar refractivity (Wildman–Crippen MR) is 104 cm³/mol. The first-order chi connectivity index (χ1) is 12.0. The van der Waals surface area contributed by atoms with E-state index in [1.807, 2.05) is 0 Å². The third-order valence-corrected chi connectivity index (χ3v) is 9.46. The monoisotopic (exact) mass is 345 g/mol. The SMILES string of the molecule is CCN(CC)C1C[C@H]2[C@@H]3CCC4CC=CC[C@]4(C)[C@@H]3CC[C@]2(C)C1O. The lowest BCUT2D eigenvalue weighted by Crippen LogP contribution is -2.53. The summed E-state index contributed by atoms with van der Waals surface area (Å²) in [4.78, 5) is 2.53. The van der Waals surface area contributed by atoms with Crippen LogP contribution in [0, 0.1) is 34.5 Å². The van der Waals surface area contributed by atoms with E-state index in [0.717, 1.165) is 36.8 Å². The van der Waals surface area contributed by atoms with Gasteiger partial charge >= 0.3 is 0 Å². The second kappa shape index (κ2) is 6.37. The second-order valence-corrected chi connectivity index (χ2v) is 10.1. The largest absolute Gasteiger partial charge is 0.391 e. The minimum absolute atomic E-state index is 0.130. The average Bonchev–Trinajstić information content (AvgIpc) is 2.88. The van der Waals surface area contributed by atoms with Gasteiger partial charge in [-0.3, -0.25) is 4.90 Å². The van der Waals surface area contributed by atoms with Crippen LogP contribution in [0.3, 0.4) is 0 Å². The fourth-order valence-corrected chi connectivity index (χ4v) is 7.87. The molecule has 0 aromatic heterocycles. The molecule has 0 radical (unpaired) electrons. The first-order valence-electron chi connectivity index (χ1n) is 11.0. The van der Waals surface area contributed by atoms with Gasteiger partial charge in [-0.1, -0.05) is 39.8 Å². The lowest BCUT2D eigenvalue weighted by molar-refractivity contribution is -0.111. The molecule has 142 valence electrons. The van der Waals surface area contributed by atoms with Crippen molar-refractivity contribution in [2.24, 2.45) is 34.5 Å². The summed E-state index contributed by atoms with van der Waals surface area (Å²) >= 11 is 0.